The second-order valence-corrected chi connectivity index (χ2v) is 8.98. The Morgan fingerprint density at radius 2 is 1.76 bits per heavy atom. The Bertz CT molecular complexity index is 1470. The van der Waals surface area contributed by atoms with Gasteiger partial charge in [0.1, 0.15) is 17.1 Å². The highest BCUT2D eigenvalue weighted by molar-refractivity contribution is 6.20. The summed E-state index contributed by atoms with van der Waals surface area (Å²) in [5.74, 6) is -0.561. The van der Waals surface area contributed by atoms with Gasteiger partial charge in [-0.1, -0.05) is 30.3 Å². The molecule has 0 bridgehead atoms. The van der Waals surface area contributed by atoms with Crippen molar-refractivity contribution in [1.29, 1.82) is 0 Å². The van der Waals surface area contributed by atoms with E-state index in [1.54, 1.807) is 54.6 Å². The van der Waals surface area contributed by atoms with Gasteiger partial charge in [0.25, 0.3) is 5.91 Å². The van der Waals surface area contributed by atoms with Gasteiger partial charge in [-0.25, -0.2) is 0 Å². The first-order chi connectivity index (χ1) is 17.9. The zero-order valence-corrected chi connectivity index (χ0v) is 20.8. The van der Waals surface area contributed by atoms with Crippen molar-refractivity contribution in [2.45, 2.75) is 32.9 Å². The molecule has 1 amide bonds. The van der Waals surface area contributed by atoms with E-state index in [0.717, 1.165) is 5.39 Å². The third kappa shape index (κ3) is 4.56. The van der Waals surface area contributed by atoms with Crippen molar-refractivity contribution in [2.24, 2.45) is 0 Å². The number of carbonyl (C=O) groups excluding carboxylic acids is 2. The highest BCUT2D eigenvalue weighted by atomic mass is 16.5. The molecule has 7 nitrogen and oxygen atoms in total. The van der Waals surface area contributed by atoms with Gasteiger partial charge in [0.15, 0.2) is 11.5 Å². The number of nitrogens with zero attached hydrogens (tertiary/aromatic N) is 1. The molecule has 1 atom stereocenters. The first-order valence-corrected chi connectivity index (χ1v) is 12.2. The van der Waals surface area contributed by atoms with Crippen molar-refractivity contribution < 1.29 is 28.6 Å². The molecule has 7 heteroatoms. The van der Waals surface area contributed by atoms with E-state index < -0.39 is 23.5 Å². The van der Waals surface area contributed by atoms with Crippen molar-refractivity contribution in [3.05, 3.63) is 102 Å². The standard InChI is InChI=1S/C30H27NO6/c1-4-35-22-14-12-21(13-15-22)31-27(20-9-7-10-23(16-20)36-18(2)3)26(29(33)30(31)34)28(32)25-17-19-8-5-6-11-24(19)37-25/h5-18,27,33H,4H2,1-3H3. The lowest BCUT2D eigenvalue weighted by molar-refractivity contribution is -0.117. The van der Waals surface area contributed by atoms with Crippen LogP contribution in [0.3, 0.4) is 0 Å². The van der Waals surface area contributed by atoms with Crippen LogP contribution in [0.2, 0.25) is 0 Å². The summed E-state index contributed by atoms with van der Waals surface area (Å²) in [6, 6.07) is 22.1. The minimum absolute atomic E-state index is 0.0451. The van der Waals surface area contributed by atoms with E-state index in [1.807, 2.05) is 45.0 Å². The molecule has 37 heavy (non-hydrogen) atoms. The molecule has 0 aliphatic carbocycles. The highest BCUT2D eigenvalue weighted by Crippen LogP contribution is 2.43. The fourth-order valence-electron chi connectivity index (χ4n) is 4.55. The minimum Gasteiger partial charge on any atom is -0.503 e. The van der Waals surface area contributed by atoms with E-state index in [0.29, 0.717) is 34.9 Å². The molecule has 0 spiro atoms. The molecule has 188 valence electrons. The summed E-state index contributed by atoms with van der Waals surface area (Å²) in [7, 11) is 0. The molecule has 0 saturated heterocycles. The third-order valence-electron chi connectivity index (χ3n) is 6.07. The van der Waals surface area contributed by atoms with Crippen LogP contribution in [0.1, 0.15) is 42.9 Å². The lowest BCUT2D eigenvalue weighted by Crippen LogP contribution is -2.31. The monoisotopic (exact) mass is 497 g/mol. The summed E-state index contributed by atoms with van der Waals surface area (Å²) >= 11 is 0. The number of hydrogen-bond donors (Lipinski definition) is 1. The van der Waals surface area contributed by atoms with Gasteiger partial charge in [-0.3, -0.25) is 14.5 Å². The average Bonchev–Trinajstić information content (AvgIpc) is 3.43. The molecule has 1 aliphatic rings. The first kappa shape index (κ1) is 24.2. The van der Waals surface area contributed by atoms with E-state index >= 15 is 0 Å². The summed E-state index contributed by atoms with van der Waals surface area (Å²) < 4.78 is 17.2. The number of ether oxygens (including phenoxy) is 2. The fraction of sp³-hybridized carbons (Fsp3) is 0.200. The largest absolute Gasteiger partial charge is 0.503 e. The number of benzene rings is 3. The number of Topliss-reactive ketones (excluding diaryl/α,β-unsaturated/α-hetero) is 1. The quantitative estimate of drug-likeness (QED) is 0.283. The molecule has 1 aromatic heterocycles. The number of aliphatic hydroxyl groups excluding tert-OH is 1. The maximum Gasteiger partial charge on any atom is 0.294 e. The van der Waals surface area contributed by atoms with Crippen molar-refractivity contribution in [3.63, 3.8) is 0 Å². The van der Waals surface area contributed by atoms with Crippen LogP contribution in [0.4, 0.5) is 5.69 Å². The van der Waals surface area contributed by atoms with Crippen LogP contribution < -0.4 is 14.4 Å². The summed E-state index contributed by atoms with van der Waals surface area (Å²) in [4.78, 5) is 28.7. The zero-order valence-electron chi connectivity index (χ0n) is 20.8. The number of para-hydroxylation sites is 1. The maximum absolute atomic E-state index is 13.8. The Labute approximate surface area is 214 Å². The Balaban J connectivity index is 1.62. The second-order valence-electron chi connectivity index (χ2n) is 8.98. The number of furan rings is 1. The maximum atomic E-state index is 13.8. The van der Waals surface area contributed by atoms with E-state index in [1.165, 1.54) is 4.90 Å². The molecule has 1 unspecified atom stereocenters. The van der Waals surface area contributed by atoms with Crippen LogP contribution in [-0.4, -0.2) is 29.5 Å². The predicted molar refractivity (Wildman–Crippen MR) is 140 cm³/mol. The van der Waals surface area contributed by atoms with Crippen LogP contribution in [0.15, 0.2) is 94.6 Å². The molecule has 5 rings (SSSR count). The Kier molecular flexibility index (Phi) is 6.44. The van der Waals surface area contributed by atoms with Crippen LogP contribution in [0.5, 0.6) is 11.5 Å². The molecule has 1 aliphatic heterocycles. The van der Waals surface area contributed by atoms with Gasteiger partial charge >= 0.3 is 0 Å². The van der Waals surface area contributed by atoms with Gasteiger partial charge in [-0.2, -0.15) is 0 Å². The van der Waals surface area contributed by atoms with Crippen LogP contribution >= 0.6 is 0 Å². The lowest BCUT2D eigenvalue weighted by Gasteiger charge is -2.27. The van der Waals surface area contributed by atoms with E-state index in [2.05, 4.69) is 0 Å². The Hall–Kier alpha value is -4.52. The van der Waals surface area contributed by atoms with Crippen molar-refractivity contribution >= 4 is 28.3 Å². The highest BCUT2D eigenvalue weighted by Gasteiger charge is 2.45. The summed E-state index contributed by atoms with van der Waals surface area (Å²) in [6.07, 6.45) is -0.0664. The first-order valence-electron chi connectivity index (χ1n) is 12.2. The van der Waals surface area contributed by atoms with Gasteiger partial charge in [0, 0.05) is 11.1 Å². The number of amides is 1. The molecule has 4 aromatic rings. The van der Waals surface area contributed by atoms with E-state index in [9.17, 15) is 14.7 Å². The molecule has 0 saturated carbocycles. The van der Waals surface area contributed by atoms with Crippen LogP contribution in [0.25, 0.3) is 11.0 Å². The van der Waals surface area contributed by atoms with E-state index in [-0.39, 0.29) is 17.4 Å². The summed E-state index contributed by atoms with van der Waals surface area (Å²) in [5.41, 5.74) is 1.61. The molecule has 3 aromatic carbocycles. The van der Waals surface area contributed by atoms with Crippen molar-refractivity contribution in [1.82, 2.24) is 0 Å². The van der Waals surface area contributed by atoms with Crippen molar-refractivity contribution in [2.75, 3.05) is 11.5 Å². The van der Waals surface area contributed by atoms with Gasteiger partial charge < -0.3 is 19.0 Å². The zero-order chi connectivity index (χ0) is 26.1. The number of carbonyl (C=O) groups is 2. The van der Waals surface area contributed by atoms with Gasteiger partial charge in [-0.05, 0) is 74.9 Å². The fourth-order valence-corrected chi connectivity index (χ4v) is 4.55. The average molecular weight is 498 g/mol. The number of anilines is 1. The minimum atomic E-state index is -0.901. The van der Waals surface area contributed by atoms with E-state index in [4.69, 9.17) is 13.9 Å². The van der Waals surface area contributed by atoms with Crippen molar-refractivity contribution in [3.8, 4) is 11.5 Å². The number of rotatable bonds is 8. The topological polar surface area (TPSA) is 89.2 Å². The number of hydrogen-bond acceptors (Lipinski definition) is 6. The summed E-state index contributed by atoms with van der Waals surface area (Å²) in [6.45, 7) is 6.23. The number of fused-ring (bicyclic) bond motifs is 1. The number of ketones is 1. The molecule has 0 fully saturated rings. The molecule has 0 radical (unpaired) electrons. The van der Waals surface area contributed by atoms with Crippen LogP contribution in [-0.2, 0) is 4.79 Å². The second kappa shape index (κ2) is 9.85. The van der Waals surface area contributed by atoms with Gasteiger partial charge in [-0.15, -0.1) is 0 Å². The number of aliphatic hydroxyl groups is 1. The Morgan fingerprint density at radius 3 is 2.46 bits per heavy atom. The van der Waals surface area contributed by atoms with Crippen LogP contribution in [0, 0.1) is 0 Å². The smallest absolute Gasteiger partial charge is 0.294 e. The molecule has 1 N–H and O–H groups in total. The van der Waals surface area contributed by atoms with Gasteiger partial charge in [0.2, 0.25) is 5.78 Å². The van der Waals surface area contributed by atoms with Gasteiger partial charge in [0.05, 0.1) is 24.3 Å². The molecule has 2 heterocycles. The summed E-state index contributed by atoms with van der Waals surface area (Å²) in [5, 5.41) is 11.8. The predicted octanol–water partition coefficient (Wildman–Crippen LogP) is 6.40. The SMILES string of the molecule is CCOc1ccc(N2C(=O)C(O)=C(C(=O)c3cc4ccccc4o3)C2c2cccc(OC(C)C)c2)cc1. The Morgan fingerprint density at radius 1 is 1.00 bits per heavy atom. The third-order valence-corrected chi connectivity index (χ3v) is 6.07. The normalized spacial score (nSPS) is 15.6. The molecular weight excluding hydrogens is 470 g/mol. The lowest BCUT2D eigenvalue weighted by atomic mass is 9.94. The molecular formula is C30H27NO6.